The Kier molecular flexibility index (Phi) is 9.60. The summed E-state index contributed by atoms with van der Waals surface area (Å²) in [4.78, 5) is 4.75. The van der Waals surface area contributed by atoms with E-state index < -0.39 is 0 Å². The van der Waals surface area contributed by atoms with Crippen molar-refractivity contribution in [2.75, 3.05) is 9.80 Å². The Bertz CT molecular complexity index is 3260. The SMILES string of the molecule is c1ccc(-c2ccc(-c3ccc(N(c4ccccc4)c4ccc(-c5ccc(N(c6ccc7[se]c8ccccc8c7c6)c6cccc7ccccc67)cc5)cc4)cc3)cc2)cc1. The van der Waals surface area contributed by atoms with E-state index in [1.165, 1.54) is 69.1 Å². The zero-order valence-corrected chi connectivity index (χ0v) is 35.1. The molecule has 0 N–H and O–H groups in total. The normalized spacial score (nSPS) is 11.3. The molecule has 61 heavy (non-hydrogen) atoms. The summed E-state index contributed by atoms with van der Waals surface area (Å²) in [5, 5.41) is 5.17. The van der Waals surface area contributed by atoms with Crippen LogP contribution in [0.25, 0.3) is 63.4 Å². The molecule has 0 spiro atoms. The van der Waals surface area contributed by atoms with Crippen molar-refractivity contribution in [3.8, 4) is 33.4 Å². The number of benzene rings is 10. The Hall–Kier alpha value is -7.42. The molecule has 0 aliphatic carbocycles. The molecule has 0 aliphatic rings. The van der Waals surface area contributed by atoms with Crippen LogP contribution in [0.3, 0.4) is 0 Å². The first kappa shape index (κ1) is 36.6. The van der Waals surface area contributed by atoms with Crippen molar-refractivity contribution in [3.05, 3.63) is 243 Å². The van der Waals surface area contributed by atoms with E-state index in [4.69, 9.17) is 0 Å². The molecule has 11 rings (SSSR count). The van der Waals surface area contributed by atoms with Gasteiger partial charge in [-0.25, -0.2) is 0 Å². The van der Waals surface area contributed by atoms with Gasteiger partial charge in [0, 0.05) is 17.1 Å². The number of rotatable bonds is 9. The third-order valence-corrected chi connectivity index (χ3v) is 14.1. The Balaban J connectivity index is 0.909. The minimum Gasteiger partial charge on any atom is -0.0617 e. The minimum atomic E-state index is 0.325. The summed E-state index contributed by atoms with van der Waals surface area (Å²) in [6, 6.07) is 88.1. The number of hydrogen-bond acceptors (Lipinski definition) is 2. The third-order valence-electron chi connectivity index (χ3n) is 11.7. The Morgan fingerprint density at radius 1 is 0.246 bits per heavy atom. The number of hydrogen-bond donors (Lipinski definition) is 0. The van der Waals surface area contributed by atoms with Gasteiger partial charge in [0.1, 0.15) is 0 Å². The van der Waals surface area contributed by atoms with Crippen LogP contribution in [0.1, 0.15) is 0 Å². The molecule has 0 saturated heterocycles. The topological polar surface area (TPSA) is 6.48 Å². The molecule has 0 saturated carbocycles. The molecule has 1 aromatic heterocycles. The van der Waals surface area contributed by atoms with E-state index in [-0.39, 0.29) is 0 Å². The van der Waals surface area contributed by atoms with Gasteiger partial charge in [-0.3, -0.25) is 0 Å². The molecule has 0 amide bonds. The molecule has 0 bridgehead atoms. The van der Waals surface area contributed by atoms with Crippen LogP contribution in [0.15, 0.2) is 243 Å². The van der Waals surface area contributed by atoms with Crippen molar-refractivity contribution >= 4 is 78.7 Å². The summed E-state index contributed by atoms with van der Waals surface area (Å²) >= 11 is 0.325. The molecule has 10 aromatic carbocycles. The van der Waals surface area contributed by atoms with Crippen molar-refractivity contribution in [3.63, 3.8) is 0 Å². The number of nitrogens with zero attached hydrogens (tertiary/aromatic N) is 2. The first-order chi connectivity index (χ1) is 30.2. The van der Waals surface area contributed by atoms with E-state index in [9.17, 15) is 0 Å². The van der Waals surface area contributed by atoms with Crippen LogP contribution >= 0.6 is 0 Å². The molecule has 0 radical (unpaired) electrons. The molecule has 3 heteroatoms. The van der Waals surface area contributed by atoms with E-state index in [1.807, 2.05) is 0 Å². The number of fused-ring (bicyclic) bond motifs is 4. The molecule has 1 heterocycles. The molecule has 0 atom stereocenters. The second-order valence-corrected chi connectivity index (χ2v) is 17.6. The summed E-state index contributed by atoms with van der Waals surface area (Å²) in [5.41, 5.74) is 14.0. The second-order valence-electron chi connectivity index (χ2n) is 15.4. The average molecular weight is 844 g/mol. The summed E-state index contributed by atoms with van der Waals surface area (Å²) in [5.74, 6) is 0. The number of anilines is 6. The molecular formula is C58H40N2Se. The van der Waals surface area contributed by atoms with Crippen LogP contribution in [0, 0.1) is 0 Å². The van der Waals surface area contributed by atoms with E-state index in [2.05, 4.69) is 252 Å². The third kappa shape index (κ3) is 7.11. The van der Waals surface area contributed by atoms with Gasteiger partial charge in [0.25, 0.3) is 0 Å². The van der Waals surface area contributed by atoms with Crippen molar-refractivity contribution in [1.82, 2.24) is 0 Å². The summed E-state index contributed by atoms with van der Waals surface area (Å²) in [7, 11) is 0. The van der Waals surface area contributed by atoms with Crippen LogP contribution in [0.2, 0.25) is 0 Å². The van der Waals surface area contributed by atoms with Crippen LogP contribution in [0.5, 0.6) is 0 Å². The van der Waals surface area contributed by atoms with Crippen LogP contribution in [-0.2, 0) is 0 Å². The average Bonchev–Trinajstić information content (AvgIpc) is 3.71. The maximum atomic E-state index is 2.42. The van der Waals surface area contributed by atoms with Gasteiger partial charge < -0.3 is 4.90 Å². The molecular weight excluding hydrogens is 804 g/mol. The molecule has 0 aliphatic heterocycles. The molecule has 11 aromatic rings. The van der Waals surface area contributed by atoms with Crippen LogP contribution in [0.4, 0.5) is 34.1 Å². The molecule has 0 fully saturated rings. The monoisotopic (exact) mass is 844 g/mol. The fourth-order valence-electron chi connectivity index (χ4n) is 8.60. The second kappa shape index (κ2) is 16.0. The fraction of sp³-hybridized carbons (Fsp3) is 0. The van der Waals surface area contributed by atoms with E-state index in [0.29, 0.717) is 14.5 Å². The summed E-state index contributed by atoms with van der Waals surface area (Å²) in [6.07, 6.45) is 0. The van der Waals surface area contributed by atoms with Crippen molar-refractivity contribution < 1.29 is 0 Å². The smallest absolute Gasteiger partial charge is 0.0617 e. The van der Waals surface area contributed by atoms with Gasteiger partial charge in [-0.2, -0.15) is 0 Å². The summed E-state index contributed by atoms with van der Waals surface area (Å²) < 4.78 is 2.90. The van der Waals surface area contributed by atoms with Crippen LogP contribution < -0.4 is 9.80 Å². The first-order valence-corrected chi connectivity index (χ1v) is 22.5. The van der Waals surface area contributed by atoms with Crippen LogP contribution in [-0.4, -0.2) is 14.5 Å². The van der Waals surface area contributed by atoms with Gasteiger partial charge >= 0.3 is 211 Å². The van der Waals surface area contributed by atoms with Gasteiger partial charge in [-0.15, -0.1) is 0 Å². The maximum absolute atomic E-state index is 2.42. The van der Waals surface area contributed by atoms with E-state index >= 15 is 0 Å². The van der Waals surface area contributed by atoms with Gasteiger partial charge in [-0.05, 0) is 46.5 Å². The predicted octanol–water partition coefficient (Wildman–Crippen LogP) is 16.1. The summed E-state index contributed by atoms with van der Waals surface area (Å²) in [6.45, 7) is 0. The van der Waals surface area contributed by atoms with E-state index in [0.717, 1.165) is 28.4 Å². The van der Waals surface area contributed by atoms with Crippen molar-refractivity contribution in [1.29, 1.82) is 0 Å². The zero-order valence-electron chi connectivity index (χ0n) is 33.4. The van der Waals surface area contributed by atoms with Gasteiger partial charge in [0.05, 0.1) is 0 Å². The Morgan fingerprint density at radius 3 is 1.26 bits per heavy atom. The Morgan fingerprint density at radius 2 is 0.656 bits per heavy atom. The van der Waals surface area contributed by atoms with Crippen molar-refractivity contribution in [2.45, 2.75) is 0 Å². The zero-order chi connectivity index (χ0) is 40.5. The van der Waals surface area contributed by atoms with E-state index in [1.54, 1.807) is 0 Å². The molecule has 0 unspecified atom stereocenters. The quantitative estimate of drug-likeness (QED) is 0.134. The standard InChI is InChI=1S/C58H40N2Se/c1-3-12-41(13-4-1)42-22-24-43(25-23-42)44-26-32-49(33-27-44)59(48-16-5-2-6-17-48)50-34-28-45(29-35-50)46-30-36-51(37-31-46)60(56-20-11-15-47-14-7-8-18-53(47)56)52-38-39-58-55(40-52)54-19-9-10-21-57(54)61-58/h1-40H. The molecule has 2 nitrogen and oxygen atoms in total. The number of para-hydroxylation sites is 1. The first-order valence-electron chi connectivity index (χ1n) is 20.7. The van der Waals surface area contributed by atoms with Crippen molar-refractivity contribution in [2.24, 2.45) is 0 Å². The fourth-order valence-corrected chi connectivity index (χ4v) is 10.9. The van der Waals surface area contributed by atoms with Gasteiger partial charge in [-0.1, -0.05) is 84.9 Å². The van der Waals surface area contributed by atoms with Gasteiger partial charge in [0.15, 0.2) is 0 Å². The predicted molar refractivity (Wildman–Crippen MR) is 262 cm³/mol. The molecule has 288 valence electrons. The van der Waals surface area contributed by atoms with Gasteiger partial charge in [0.2, 0.25) is 0 Å². The minimum absolute atomic E-state index is 0.325. The Labute approximate surface area is 362 Å².